The average Bonchev–Trinajstić information content (AvgIpc) is 2.71. The van der Waals surface area contributed by atoms with Crippen LogP contribution in [0.2, 0.25) is 5.02 Å². The van der Waals surface area contributed by atoms with E-state index in [1.54, 1.807) is 6.92 Å². The number of aliphatic carboxylic acids is 1. The molecule has 1 amide bonds. The van der Waals surface area contributed by atoms with Crippen LogP contribution >= 0.6 is 35.6 Å². The van der Waals surface area contributed by atoms with Crippen LogP contribution < -0.4 is 0 Å². The number of thioether (sulfide) groups is 1. The molecule has 1 atom stereocenters. The number of nitrogens with zero attached hydrogens (tertiary/aromatic N) is 1. The van der Waals surface area contributed by atoms with E-state index in [4.69, 9.17) is 23.8 Å². The lowest BCUT2D eigenvalue weighted by molar-refractivity contribution is -0.145. The first-order valence-corrected chi connectivity index (χ1v) is 7.91. The van der Waals surface area contributed by atoms with Crippen molar-refractivity contribution in [1.29, 1.82) is 0 Å². The van der Waals surface area contributed by atoms with Crippen LogP contribution in [0.5, 0.6) is 0 Å². The molecule has 1 N–H and O–H groups in total. The number of halogens is 2. The molecule has 0 spiro atoms. The van der Waals surface area contributed by atoms with Crippen LogP contribution in [0.15, 0.2) is 23.1 Å². The van der Waals surface area contributed by atoms with Crippen LogP contribution in [0.25, 0.3) is 6.08 Å². The monoisotopic (exact) mass is 359 g/mol. The van der Waals surface area contributed by atoms with Crippen LogP contribution in [0.3, 0.4) is 0 Å². The van der Waals surface area contributed by atoms with Crippen molar-refractivity contribution in [3.8, 4) is 0 Å². The molecule has 116 valence electrons. The zero-order valence-corrected chi connectivity index (χ0v) is 13.8. The predicted molar refractivity (Wildman–Crippen MR) is 88.1 cm³/mol. The minimum absolute atomic E-state index is 0.0769. The Labute approximate surface area is 140 Å². The van der Waals surface area contributed by atoms with Crippen LogP contribution in [-0.4, -0.2) is 32.2 Å². The molecule has 1 heterocycles. The molecule has 2 rings (SSSR count). The van der Waals surface area contributed by atoms with E-state index in [0.29, 0.717) is 0 Å². The number of hydrogen-bond acceptors (Lipinski definition) is 4. The molecule has 22 heavy (non-hydrogen) atoms. The molecule has 4 nitrogen and oxygen atoms in total. The van der Waals surface area contributed by atoms with Gasteiger partial charge in [-0.2, -0.15) is 0 Å². The van der Waals surface area contributed by atoms with Gasteiger partial charge in [-0.3, -0.25) is 9.69 Å². The van der Waals surface area contributed by atoms with Gasteiger partial charge in [-0.15, -0.1) is 0 Å². The number of benzene rings is 1. The van der Waals surface area contributed by atoms with Crippen molar-refractivity contribution in [1.82, 2.24) is 4.90 Å². The number of rotatable bonds is 4. The van der Waals surface area contributed by atoms with Gasteiger partial charge in [-0.05, 0) is 24.6 Å². The van der Waals surface area contributed by atoms with E-state index in [0.717, 1.165) is 16.7 Å². The topological polar surface area (TPSA) is 57.6 Å². The summed E-state index contributed by atoms with van der Waals surface area (Å²) in [7, 11) is 0. The van der Waals surface area contributed by atoms with Gasteiger partial charge >= 0.3 is 5.97 Å². The highest BCUT2D eigenvalue weighted by atomic mass is 35.5. The Kier molecular flexibility index (Phi) is 5.20. The summed E-state index contributed by atoms with van der Waals surface area (Å²) in [5.74, 6) is -2.25. The van der Waals surface area contributed by atoms with Crippen molar-refractivity contribution in [3.05, 3.63) is 39.5 Å². The second-order valence-corrected chi connectivity index (χ2v) is 6.53. The Balaban J connectivity index is 2.40. The number of carbonyl (C=O) groups is 2. The molecule has 1 aromatic carbocycles. The van der Waals surface area contributed by atoms with E-state index < -0.39 is 23.7 Å². The van der Waals surface area contributed by atoms with Crippen molar-refractivity contribution in [3.63, 3.8) is 0 Å². The van der Waals surface area contributed by atoms with Crippen molar-refractivity contribution in [2.24, 2.45) is 0 Å². The highest BCUT2D eigenvalue weighted by Gasteiger charge is 2.39. The minimum Gasteiger partial charge on any atom is -0.480 e. The van der Waals surface area contributed by atoms with Crippen LogP contribution in [-0.2, 0) is 9.59 Å². The first kappa shape index (κ1) is 16.9. The third kappa shape index (κ3) is 3.16. The van der Waals surface area contributed by atoms with Crippen molar-refractivity contribution >= 4 is 57.9 Å². The van der Waals surface area contributed by atoms with E-state index in [-0.39, 0.29) is 26.2 Å². The van der Waals surface area contributed by atoms with Gasteiger partial charge in [0.1, 0.15) is 16.2 Å². The Morgan fingerprint density at radius 3 is 2.82 bits per heavy atom. The van der Waals surface area contributed by atoms with Crippen LogP contribution in [0.1, 0.15) is 18.9 Å². The first-order chi connectivity index (χ1) is 10.4. The van der Waals surface area contributed by atoms with Gasteiger partial charge in [0, 0.05) is 5.56 Å². The van der Waals surface area contributed by atoms with Gasteiger partial charge in [0.25, 0.3) is 5.91 Å². The molecule has 1 aliphatic rings. The number of thiocarbonyl (C=S) groups is 1. The first-order valence-electron chi connectivity index (χ1n) is 6.30. The van der Waals surface area contributed by atoms with Gasteiger partial charge in [0.05, 0.1) is 9.93 Å². The molecule has 0 radical (unpaired) electrons. The van der Waals surface area contributed by atoms with E-state index >= 15 is 0 Å². The zero-order valence-electron chi connectivity index (χ0n) is 11.4. The second-order valence-electron chi connectivity index (χ2n) is 4.45. The summed E-state index contributed by atoms with van der Waals surface area (Å²) in [6, 6.07) is 3.15. The standard InChI is InChI=1S/C14H11ClFNO3S2/c1-2-10(13(19)20)17-12(18)11(22-14(17)21)6-7-8(15)4-3-5-9(7)16/h3-6,10H,2H2,1H3,(H,19,20). The lowest BCUT2D eigenvalue weighted by Gasteiger charge is -2.21. The van der Waals surface area contributed by atoms with E-state index in [2.05, 4.69) is 0 Å². The van der Waals surface area contributed by atoms with Gasteiger partial charge < -0.3 is 5.11 Å². The Morgan fingerprint density at radius 2 is 2.27 bits per heavy atom. The van der Waals surface area contributed by atoms with Gasteiger partial charge in [0.15, 0.2) is 0 Å². The molecule has 1 aliphatic heterocycles. The number of carbonyl (C=O) groups excluding carboxylic acids is 1. The van der Waals surface area contributed by atoms with Gasteiger partial charge in [-0.25, -0.2) is 9.18 Å². The normalized spacial score (nSPS) is 18.1. The number of amides is 1. The predicted octanol–water partition coefficient (Wildman–Crippen LogP) is 3.54. The maximum Gasteiger partial charge on any atom is 0.326 e. The fourth-order valence-corrected chi connectivity index (χ4v) is 3.55. The Hall–Kier alpha value is -1.44. The molecule has 1 aromatic rings. The minimum atomic E-state index is -1.14. The molecular weight excluding hydrogens is 349 g/mol. The van der Waals surface area contributed by atoms with Gasteiger partial charge in [0.2, 0.25) is 0 Å². The SMILES string of the molecule is CCC(C(=O)O)N1C(=O)C(=Cc2c(F)cccc2Cl)SC1=S. The van der Waals surface area contributed by atoms with Crippen LogP contribution in [0.4, 0.5) is 4.39 Å². The molecule has 1 fully saturated rings. The van der Waals surface area contributed by atoms with E-state index in [9.17, 15) is 19.1 Å². The maximum atomic E-state index is 13.8. The van der Waals surface area contributed by atoms with Crippen molar-refractivity contribution in [2.45, 2.75) is 19.4 Å². The summed E-state index contributed by atoms with van der Waals surface area (Å²) in [6.45, 7) is 1.65. The summed E-state index contributed by atoms with van der Waals surface area (Å²) < 4.78 is 13.9. The Morgan fingerprint density at radius 1 is 1.59 bits per heavy atom. The molecular formula is C14H11ClFNO3S2. The highest BCUT2D eigenvalue weighted by molar-refractivity contribution is 8.26. The highest BCUT2D eigenvalue weighted by Crippen LogP contribution is 2.36. The second kappa shape index (κ2) is 6.76. The summed E-state index contributed by atoms with van der Waals surface area (Å²) in [5.41, 5.74) is 0.0769. The quantitative estimate of drug-likeness (QED) is 0.658. The maximum absolute atomic E-state index is 13.8. The molecule has 8 heteroatoms. The number of carboxylic acids is 1. The summed E-state index contributed by atoms with van der Waals surface area (Å²) in [4.78, 5) is 24.8. The van der Waals surface area contributed by atoms with E-state index in [1.807, 2.05) is 0 Å². The van der Waals surface area contributed by atoms with Crippen LogP contribution in [0, 0.1) is 5.82 Å². The fraction of sp³-hybridized carbons (Fsp3) is 0.214. The third-order valence-electron chi connectivity index (χ3n) is 3.08. The zero-order chi connectivity index (χ0) is 16.4. The summed E-state index contributed by atoms with van der Waals surface area (Å²) in [5, 5.41) is 9.33. The van der Waals surface area contributed by atoms with E-state index in [1.165, 1.54) is 24.3 Å². The average molecular weight is 360 g/mol. The number of hydrogen-bond donors (Lipinski definition) is 1. The largest absolute Gasteiger partial charge is 0.480 e. The van der Waals surface area contributed by atoms with Crippen molar-refractivity contribution < 1.29 is 19.1 Å². The summed E-state index contributed by atoms with van der Waals surface area (Å²) >= 11 is 11.9. The fourth-order valence-electron chi connectivity index (χ4n) is 2.00. The molecule has 1 unspecified atom stereocenters. The smallest absolute Gasteiger partial charge is 0.326 e. The number of carboxylic acid groups (broad SMARTS) is 1. The third-order valence-corrected chi connectivity index (χ3v) is 4.74. The summed E-state index contributed by atoms with van der Waals surface area (Å²) in [6.07, 6.45) is 1.51. The molecule has 0 aromatic heterocycles. The molecule has 1 saturated heterocycles. The lowest BCUT2D eigenvalue weighted by atomic mass is 10.1. The Bertz CT molecular complexity index is 672. The molecule has 0 bridgehead atoms. The van der Waals surface area contributed by atoms with Crippen molar-refractivity contribution in [2.75, 3.05) is 0 Å². The van der Waals surface area contributed by atoms with Gasteiger partial charge in [-0.1, -0.05) is 48.6 Å². The molecule has 0 aliphatic carbocycles. The molecule has 0 saturated carbocycles. The lowest BCUT2D eigenvalue weighted by Crippen LogP contribution is -2.43.